The molecule has 28 heavy (non-hydrogen) atoms. The van der Waals surface area contributed by atoms with Crippen molar-refractivity contribution in [2.75, 3.05) is 0 Å². The van der Waals surface area contributed by atoms with Gasteiger partial charge >= 0.3 is 5.97 Å². The van der Waals surface area contributed by atoms with Gasteiger partial charge in [0.05, 0.1) is 12.2 Å². The van der Waals surface area contributed by atoms with Crippen LogP contribution in [0.1, 0.15) is 78.6 Å². The molecule has 0 heterocycles. The lowest BCUT2D eigenvalue weighted by Crippen LogP contribution is -2.61. The number of aliphatic hydroxyl groups excluding tert-OH is 2. The number of carbonyl (C=O) groups is 1. The largest absolute Gasteiger partial charge is 0.481 e. The minimum absolute atomic E-state index is 0.190. The molecular weight excluding hydrogens is 352 g/mol. The van der Waals surface area contributed by atoms with Crippen molar-refractivity contribution in [1.29, 1.82) is 0 Å². The highest BCUT2D eigenvalue weighted by molar-refractivity contribution is 5.66. The number of hydrogen-bond donors (Lipinski definition) is 3. The van der Waals surface area contributed by atoms with Crippen LogP contribution in [-0.2, 0) is 4.79 Å². The van der Waals surface area contributed by atoms with E-state index < -0.39 is 5.97 Å². The molecule has 0 aromatic carbocycles. The van der Waals surface area contributed by atoms with E-state index >= 15 is 0 Å². The predicted octanol–water partition coefficient (Wildman–Crippen LogP) is 4.29. The molecule has 1 radical (unpaired) electrons. The van der Waals surface area contributed by atoms with E-state index in [4.69, 9.17) is 5.11 Å². The van der Waals surface area contributed by atoms with E-state index in [1.165, 1.54) is 12.8 Å². The highest BCUT2D eigenvalue weighted by Crippen LogP contribution is 2.68. The Labute approximate surface area is 170 Å². The van der Waals surface area contributed by atoms with Crippen molar-refractivity contribution < 1.29 is 20.1 Å². The first-order valence-electron chi connectivity index (χ1n) is 11.6. The van der Waals surface area contributed by atoms with Crippen LogP contribution in [0.4, 0.5) is 0 Å². The number of fused-ring (bicyclic) bond motifs is 5. The molecule has 4 aliphatic rings. The minimum Gasteiger partial charge on any atom is -0.481 e. The zero-order valence-corrected chi connectivity index (χ0v) is 17.8. The number of hydrogen-bond acceptors (Lipinski definition) is 3. The molecule has 10 atom stereocenters. The fraction of sp³-hybridized carbons (Fsp3) is 0.917. The van der Waals surface area contributed by atoms with E-state index in [1.54, 1.807) is 0 Å². The Morgan fingerprint density at radius 1 is 1.18 bits per heavy atom. The highest BCUT2D eigenvalue weighted by atomic mass is 16.4. The van der Waals surface area contributed by atoms with E-state index in [1.807, 2.05) is 0 Å². The van der Waals surface area contributed by atoms with Gasteiger partial charge in [0.15, 0.2) is 0 Å². The predicted molar refractivity (Wildman–Crippen MR) is 108 cm³/mol. The zero-order valence-electron chi connectivity index (χ0n) is 17.8. The second kappa shape index (κ2) is 7.27. The van der Waals surface area contributed by atoms with Crippen molar-refractivity contribution in [3.63, 3.8) is 0 Å². The first-order chi connectivity index (χ1) is 13.2. The summed E-state index contributed by atoms with van der Waals surface area (Å²) in [4.78, 5) is 11.1. The summed E-state index contributed by atoms with van der Waals surface area (Å²) in [6.07, 6.45) is 10.0. The SMILES string of the molecule is C[C@H](CCC(=O)O)[C@H]1CC[C@H]2[C@@H]3[C@H](O)C[C@@H]4C[CH]CC[C@]4(C)[C@H]3C[C@H](O)[C@]12C. The first kappa shape index (κ1) is 20.7. The third kappa shape index (κ3) is 2.96. The van der Waals surface area contributed by atoms with Gasteiger partial charge in [0.1, 0.15) is 0 Å². The lowest BCUT2D eigenvalue weighted by molar-refractivity contribution is -0.198. The Balaban J connectivity index is 1.61. The number of rotatable bonds is 4. The summed E-state index contributed by atoms with van der Waals surface area (Å²) in [7, 11) is 0. The molecule has 0 saturated heterocycles. The number of carboxylic acid groups (broad SMARTS) is 1. The number of carboxylic acids is 1. The van der Waals surface area contributed by atoms with Crippen molar-refractivity contribution >= 4 is 5.97 Å². The van der Waals surface area contributed by atoms with Crippen LogP contribution in [-0.4, -0.2) is 33.5 Å². The van der Waals surface area contributed by atoms with Gasteiger partial charge < -0.3 is 15.3 Å². The second-order valence-electron chi connectivity index (χ2n) is 11.1. The van der Waals surface area contributed by atoms with Crippen LogP contribution in [0.3, 0.4) is 0 Å². The van der Waals surface area contributed by atoms with Crippen LogP contribution in [0, 0.1) is 52.8 Å². The van der Waals surface area contributed by atoms with Crippen LogP contribution < -0.4 is 0 Å². The smallest absolute Gasteiger partial charge is 0.303 e. The van der Waals surface area contributed by atoms with E-state index in [0.717, 1.165) is 32.1 Å². The molecule has 0 aromatic rings. The summed E-state index contributed by atoms with van der Waals surface area (Å²) in [5, 5.41) is 31.8. The fourth-order valence-corrected chi connectivity index (χ4v) is 8.49. The molecule has 4 heteroatoms. The molecule has 159 valence electrons. The molecule has 4 saturated carbocycles. The molecule has 4 fully saturated rings. The van der Waals surface area contributed by atoms with Crippen LogP contribution in [0.15, 0.2) is 0 Å². The van der Waals surface area contributed by atoms with E-state index in [-0.39, 0.29) is 29.5 Å². The van der Waals surface area contributed by atoms with E-state index in [2.05, 4.69) is 27.2 Å². The first-order valence-corrected chi connectivity index (χ1v) is 11.6. The monoisotopic (exact) mass is 391 g/mol. The van der Waals surface area contributed by atoms with Crippen molar-refractivity contribution in [2.45, 2.75) is 90.8 Å². The number of aliphatic carboxylic acids is 1. The molecule has 0 unspecified atom stereocenters. The van der Waals surface area contributed by atoms with Gasteiger partial charge in [0, 0.05) is 6.42 Å². The third-order valence-corrected chi connectivity index (χ3v) is 10.1. The molecule has 3 N–H and O–H groups in total. The Kier molecular flexibility index (Phi) is 5.36. The number of aliphatic hydroxyl groups is 2. The van der Waals surface area contributed by atoms with Crippen LogP contribution in [0.25, 0.3) is 0 Å². The molecule has 0 bridgehead atoms. The maximum Gasteiger partial charge on any atom is 0.303 e. The van der Waals surface area contributed by atoms with Gasteiger partial charge in [-0.15, -0.1) is 0 Å². The normalized spacial score (nSPS) is 51.7. The summed E-state index contributed by atoms with van der Waals surface area (Å²) in [6, 6.07) is 0. The van der Waals surface area contributed by atoms with Gasteiger partial charge in [0.2, 0.25) is 0 Å². The summed E-state index contributed by atoms with van der Waals surface area (Å²) in [5.41, 5.74) is 0.0536. The Bertz CT molecular complexity index is 605. The summed E-state index contributed by atoms with van der Waals surface area (Å²) >= 11 is 0. The highest BCUT2D eigenvalue weighted by Gasteiger charge is 2.65. The molecule has 4 aliphatic carbocycles. The van der Waals surface area contributed by atoms with E-state index in [9.17, 15) is 15.0 Å². The molecule has 0 amide bonds. The minimum atomic E-state index is -0.730. The average molecular weight is 392 g/mol. The van der Waals surface area contributed by atoms with E-state index in [0.29, 0.717) is 41.9 Å². The topological polar surface area (TPSA) is 77.8 Å². The quantitative estimate of drug-likeness (QED) is 0.668. The van der Waals surface area contributed by atoms with Crippen LogP contribution in [0.5, 0.6) is 0 Å². The van der Waals surface area contributed by atoms with Crippen LogP contribution in [0.2, 0.25) is 0 Å². The lowest BCUT2D eigenvalue weighted by Gasteiger charge is -2.63. The van der Waals surface area contributed by atoms with Crippen molar-refractivity contribution in [3.05, 3.63) is 6.42 Å². The van der Waals surface area contributed by atoms with Gasteiger partial charge in [-0.25, -0.2) is 0 Å². The summed E-state index contributed by atoms with van der Waals surface area (Å²) < 4.78 is 0. The molecule has 0 aliphatic heterocycles. The Hall–Kier alpha value is -0.610. The zero-order chi connectivity index (χ0) is 20.3. The molecular formula is C24H39O4. The maximum absolute atomic E-state index is 11.5. The van der Waals surface area contributed by atoms with Gasteiger partial charge in [-0.2, -0.15) is 0 Å². The molecule has 4 nitrogen and oxygen atoms in total. The standard InChI is InChI=1S/C24H39O4/c1-14(7-10-21(27)28)16-8-9-17-22-18(13-20(26)24(16,17)3)23(2)11-5-4-6-15(23)12-19(22)25/h4,14-20,22,25-26H,5-13H2,1-3H3,(H,27,28)/t14-,15+,16-,17+,18+,19-,20+,22+,23+,24-/m1/s1. The summed E-state index contributed by atoms with van der Waals surface area (Å²) in [6.45, 7) is 6.86. The molecule has 0 aromatic heterocycles. The van der Waals surface area contributed by atoms with Crippen molar-refractivity contribution in [3.8, 4) is 0 Å². The van der Waals surface area contributed by atoms with Crippen molar-refractivity contribution in [1.82, 2.24) is 0 Å². The maximum atomic E-state index is 11.5. The third-order valence-electron chi connectivity index (χ3n) is 10.1. The van der Waals surface area contributed by atoms with Gasteiger partial charge in [0.25, 0.3) is 0 Å². The van der Waals surface area contributed by atoms with Crippen molar-refractivity contribution in [2.24, 2.45) is 46.3 Å². The Morgan fingerprint density at radius 3 is 2.64 bits per heavy atom. The van der Waals surface area contributed by atoms with Gasteiger partial charge in [-0.3, -0.25) is 4.79 Å². The lowest BCUT2D eigenvalue weighted by atomic mass is 9.43. The summed E-state index contributed by atoms with van der Waals surface area (Å²) in [5.74, 6) is 1.54. The molecule has 0 spiro atoms. The molecule has 4 rings (SSSR count). The van der Waals surface area contributed by atoms with Crippen LogP contribution >= 0.6 is 0 Å². The van der Waals surface area contributed by atoms with Gasteiger partial charge in [-0.05, 0) is 104 Å². The second-order valence-corrected chi connectivity index (χ2v) is 11.1. The fourth-order valence-electron chi connectivity index (χ4n) is 8.49. The Morgan fingerprint density at radius 2 is 1.93 bits per heavy atom. The average Bonchev–Trinajstić information content (AvgIpc) is 3.00. The van der Waals surface area contributed by atoms with Gasteiger partial charge in [-0.1, -0.05) is 20.8 Å².